The van der Waals surface area contributed by atoms with Crippen LogP contribution >= 0.6 is 11.6 Å². The number of sulfonamides is 1. The van der Waals surface area contributed by atoms with Gasteiger partial charge in [-0.3, -0.25) is 4.79 Å². The molecule has 1 aliphatic heterocycles. The molecule has 0 bridgehead atoms. The summed E-state index contributed by atoms with van der Waals surface area (Å²) in [6.07, 6.45) is 2.24. The second-order valence-electron chi connectivity index (χ2n) is 6.79. The van der Waals surface area contributed by atoms with Crippen molar-refractivity contribution in [2.75, 3.05) is 11.4 Å². The van der Waals surface area contributed by atoms with Gasteiger partial charge in [-0.2, -0.15) is 0 Å². The lowest BCUT2D eigenvalue weighted by Crippen LogP contribution is -2.36. The van der Waals surface area contributed by atoms with Gasteiger partial charge in [0, 0.05) is 28.9 Å². The lowest BCUT2D eigenvalue weighted by atomic mass is 10.0. The molecule has 7 heteroatoms. The molecule has 1 amide bonds. The summed E-state index contributed by atoms with van der Waals surface area (Å²) < 4.78 is 27.8. The molecule has 3 rings (SSSR count). The average molecular weight is 407 g/mol. The minimum Gasteiger partial charge on any atom is -0.308 e. The van der Waals surface area contributed by atoms with E-state index in [1.54, 1.807) is 47.4 Å². The van der Waals surface area contributed by atoms with Gasteiger partial charge in [-0.05, 0) is 74.2 Å². The van der Waals surface area contributed by atoms with Gasteiger partial charge < -0.3 is 4.90 Å². The molecule has 2 aromatic carbocycles. The normalized spacial score (nSPS) is 15.3. The van der Waals surface area contributed by atoms with Gasteiger partial charge in [0.15, 0.2) is 0 Å². The summed E-state index contributed by atoms with van der Waals surface area (Å²) in [5.41, 5.74) is 2.20. The van der Waals surface area contributed by atoms with E-state index in [0.717, 1.165) is 24.1 Å². The monoisotopic (exact) mass is 406 g/mol. The van der Waals surface area contributed by atoms with E-state index in [4.69, 9.17) is 11.6 Å². The number of halogens is 1. The third-order valence-electron chi connectivity index (χ3n) is 4.78. The molecule has 1 N–H and O–H groups in total. The van der Waals surface area contributed by atoms with E-state index in [2.05, 4.69) is 4.72 Å². The molecular formula is C20H23ClN2O3S. The Morgan fingerprint density at radius 2 is 1.93 bits per heavy atom. The molecule has 0 spiro atoms. The third kappa shape index (κ3) is 4.34. The van der Waals surface area contributed by atoms with Crippen molar-refractivity contribution in [3.63, 3.8) is 0 Å². The molecule has 0 radical (unpaired) electrons. The molecule has 0 fully saturated rings. The van der Waals surface area contributed by atoms with Crippen LogP contribution in [0.5, 0.6) is 0 Å². The van der Waals surface area contributed by atoms with Gasteiger partial charge in [-0.25, -0.2) is 13.1 Å². The van der Waals surface area contributed by atoms with E-state index >= 15 is 0 Å². The summed E-state index contributed by atoms with van der Waals surface area (Å²) in [7, 11) is -3.57. The Morgan fingerprint density at radius 1 is 1.22 bits per heavy atom. The molecule has 0 unspecified atom stereocenters. The largest absolute Gasteiger partial charge is 0.308 e. The van der Waals surface area contributed by atoms with Gasteiger partial charge in [0.25, 0.3) is 5.91 Å². The molecule has 5 nitrogen and oxygen atoms in total. The first-order valence-electron chi connectivity index (χ1n) is 9.04. The van der Waals surface area contributed by atoms with Gasteiger partial charge in [0.05, 0.1) is 4.90 Å². The molecule has 1 atom stereocenters. The maximum Gasteiger partial charge on any atom is 0.258 e. The van der Waals surface area contributed by atoms with E-state index < -0.39 is 10.0 Å². The molecule has 0 aliphatic carbocycles. The number of nitrogens with one attached hydrogen (secondary N) is 1. The average Bonchev–Trinajstić information content (AvgIpc) is 2.66. The molecule has 1 heterocycles. The Balaban J connectivity index is 1.91. The van der Waals surface area contributed by atoms with Gasteiger partial charge in [-0.15, -0.1) is 0 Å². The number of rotatable bonds is 5. The summed E-state index contributed by atoms with van der Waals surface area (Å²) in [4.78, 5) is 14.8. The fourth-order valence-corrected chi connectivity index (χ4v) is 4.62. The predicted octanol–water partition coefficient (Wildman–Crippen LogP) is 4.01. The number of anilines is 1. The van der Waals surface area contributed by atoms with Gasteiger partial charge in [0.1, 0.15) is 0 Å². The van der Waals surface area contributed by atoms with E-state index in [1.807, 2.05) is 13.8 Å². The molecule has 144 valence electrons. The number of aryl methyl sites for hydroxylation is 1. The number of amides is 1. The fraction of sp³-hybridized carbons (Fsp3) is 0.350. The Bertz CT molecular complexity index is 942. The number of hydrogen-bond donors (Lipinski definition) is 1. The first kappa shape index (κ1) is 19.9. The summed E-state index contributed by atoms with van der Waals surface area (Å²) in [5, 5.41) is 0.578. The Labute approximate surface area is 165 Å². The number of benzene rings is 2. The zero-order valence-corrected chi connectivity index (χ0v) is 17.0. The summed E-state index contributed by atoms with van der Waals surface area (Å²) in [6.45, 7) is 4.37. The lowest BCUT2D eigenvalue weighted by molar-refractivity contribution is 0.0985. The van der Waals surface area contributed by atoms with Crippen molar-refractivity contribution < 1.29 is 13.2 Å². The van der Waals surface area contributed by atoms with Crippen LogP contribution in [-0.2, 0) is 16.4 Å². The highest BCUT2D eigenvalue weighted by atomic mass is 35.5. The molecule has 2 aromatic rings. The van der Waals surface area contributed by atoms with Crippen LogP contribution in [0.1, 0.15) is 42.6 Å². The number of nitrogens with zero attached hydrogens (tertiary/aromatic N) is 1. The molecule has 1 aliphatic rings. The second kappa shape index (κ2) is 8.00. The highest BCUT2D eigenvalue weighted by Gasteiger charge is 2.26. The van der Waals surface area contributed by atoms with Crippen molar-refractivity contribution >= 4 is 33.2 Å². The van der Waals surface area contributed by atoms with Crippen LogP contribution in [-0.4, -0.2) is 26.9 Å². The number of carbonyl (C=O) groups is 1. The van der Waals surface area contributed by atoms with Crippen LogP contribution in [0.25, 0.3) is 0 Å². The van der Waals surface area contributed by atoms with Crippen LogP contribution in [0, 0.1) is 0 Å². The van der Waals surface area contributed by atoms with E-state index in [9.17, 15) is 13.2 Å². The first-order valence-corrected chi connectivity index (χ1v) is 10.9. The van der Waals surface area contributed by atoms with Crippen LogP contribution in [0.4, 0.5) is 5.69 Å². The van der Waals surface area contributed by atoms with Crippen molar-refractivity contribution in [3.05, 3.63) is 58.6 Å². The zero-order valence-electron chi connectivity index (χ0n) is 15.4. The second-order valence-corrected chi connectivity index (χ2v) is 8.94. The number of fused-ring (bicyclic) bond motifs is 1. The summed E-state index contributed by atoms with van der Waals surface area (Å²) >= 11 is 5.90. The van der Waals surface area contributed by atoms with Crippen molar-refractivity contribution in [2.45, 2.75) is 44.0 Å². The number of carbonyl (C=O) groups excluding carboxylic acids is 1. The van der Waals surface area contributed by atoms with Crippen LogP contribution in [0.2, 0.25) is 5.02 Å². The van der Waals surface area contributed by atoms with Gasteiger partial charge >= 0.3 is 0 Å². The van der Waals surface area contributed by atoms with Gasteiger partial charge in [0.2, 0.25) is 10.0 Å². The van der Waals surface area contributed by atoms with Crippen LogP contribution in [0.3, 0.4) is 0 Å². The standard InChI is InChI=1S/C20H23ClN2O3S/c1-3-14(2)22-27(25,26)18-10-11-19-16(13-18)5-4-12-23(19)20(24)15-6-8-17(21)9-7-15/h6-11,13-14,22H,3-5,12H2,1-2H3/t14-/m0/s1. The zero-order chi connectivity index (χ0) is 19.6. The van der Waals surface area contributed by atoms with E-state index in [0.29, 0.717) is 23.6 Å². The summed E-state index contributed by atoms with van der Waals surface area (Å²) in [5.74, 6) is -0.110. The SMILES string of the molecule is CC[C@H](C)NS(=O)(=O)c1ccc2c(c1)CCCN2C(=O)c1ccc(Cl)cc1. The summed E-state index contributed by atoms with van der Waals surface area (Å²) in [6, 6.07) is 11.6. The molecule has 0 saturated heterocycles. The lowest BCUT2D eigenvalue weighted by Gasteiger charge is -2.30. The topological polar surface area (TPSA) is 66.5 Å². The van der Waals surface area contributed by atoms with Crippen molar-refractivity contribution in [3.8, 4) is 0 Å². The van der Waals surface area contributed by atoms with E-state index in [1.165, 1.54) is 0 Å². The molecular weight excluding hydrogens is 384 g/mol. The fourth-order valence-electron chi connectivity index (χ4n) is 3.12. The maximum absolute atomic E-state index is 12.9. The minimum absolute atomic E-state index is 0.110. The predicted molar refractivity (Wildman–Crippen MR) is 108 cm³/mol. The van der Waals surface area contributed by atoms with Crippen LogP contribution in [0.15, 0.2) is 47.4 Å². The Hall–Kier alpha value is -1.89. The van der Waals surface area contributed by atoms with Crippen molar-refractivity contribution in [2.24, 2.45) is 0 Å². The number of hydrogen-bond acceptors (Lipinski definition) is 3. The Morgan fingerprint density at radius 3 is 2.59 bits per heavy atom. The van der Waals surface area contributed by atoms with Crippen molar-refractivity contribution in [1.29, 1.82) is 0 Å². The quantitative estimate of drug-likeness (QED) is 0.815. The highest BCUT2D eigenvalue weighted by molar-refractivity contribution is 7.89. The minimum atomic E-state index is -3.57. The van der Waals surface area contributed by atoms with E-state index in [-0.39, 0.29) is 16.8 Å². The highest BCUT2D eigenvalue weighted by Crippen LogP contribution is 2.31. The smallest absolute Gasteiger partial charge is 0.258 e. The molecule has 0 aromatic heterocycles. The Kier molecular flexibility index (Phi) is 5.89. The molecule has 27 heavy (non-hydrogen) atoms. The van der Waals surface area contributed by atoms with Crippen LogP contribution < -0.4 is 9.62 Å². The first-order chi connectivity index (χ1) is 12.8. The third-order valence-corrected chi connectivity index (χ3v) is 6.62. The maximum atomic E-state index is 12.9. The van der Waals surface area contributed by atoms with Crippen molar-refractivity contribution in [1.82, 2.24) is 4.72 Å². The van der Waals surface area contributed by atoms with Gasteiger partial charge in [-0.1, -0.05) is 18.5 Å². The molecule has 0 saturated carbocycles.